The summed E-state index contributed by atoms with van der Waals surface area (Å²) in [5.74, 6) is 0.0811. The lowest BCUT2D eigenvalue weighted by atomic mass is 9.89. The number of fused-ring (bicyclic) bond motifs is 1. The molecule has 2 fully saturated rings. The first-order chi connectivity index (χ1) is 12.8. The summed E-state index contributed by atoms with van der Waals surface area (Å²) in [6.07, 6.45) is 3.53. The van der Waals surface area contributed by atoms with Crippen LogP contribution in [0.15, 0.2) is 54.6 Å². The molecule has 2 aliphatic rings. The van der Waals surface area contributed by atoms with Gasteiger partial charge >= 0.3 is 0 Å². The lowest BCUT2D eigenvalue weighted by molar-refractivity contribution is -0.158. The molecule has 2 aromatic rings. The van der Waals surface area contributed by atoms with Gasteiger partial charge in [0.05, 0.1) is 31.8 Å². The first kappa shape index (κ1) is 17.3. The number of hydrogen-bond donors (Lipinski definition) is 1. The van der Waals surface area contributed by atoms with Gasteiger partial charge in [-0.3, -0.25) is 4.79 Å². The Morgan fingerprint density at radius 1 is 0.885 bits per heavy atom. The smallest absolute Gasteiger partial charge is 0.224 e. The molecule has 0 bridgehead atoms. The van der Waals surface area contributed by atoms with Crippen molar-refractivity contribution in [3.05, 3.63) is 60.2 Å². The van der Waals surface area contributed by atoms with Crippen LogP contribution in [0.1, 0.15) is 24.8 Å². The molecule has 0 spiro atoms. The lowest BCUT2D eigenvalue weighted by Gasteiger charge is -2.39. The van der Waals surface area contributed by atoms with Gasteiger partial charge in [0.2, 0.25) is 5.91 Å². The van der Waals surface area contributed by atoms with Crippen molar-refractivity contribution in [1.82, 2.24) is 5.32 Å². The van der Waals surface area contributed by atoms with Crippen LogP contribution in [0.3, 0.4) is 0 Å². The van der Waals surface area contributed by atoms with Crippen molar-refractivity contribution in [2.75, 3.05) is 13.2 Å². The number of carbonyl (C=O) groups is 1. The Labute approximate surface area is 154 Å². The normalized spacial score (nSPS) is 25.3. The third kappa shape index (κ3) is 4.14. The van der Waals surface area contributed by atoms with E-state index in [1.807, 2.05) is 30.3 Å². The standard InChI is InChI=1S/C22H25NO3/c24-22(23-19-10-11-20-21(15-19)26-13-12-25-20)14-16-6-8-18(9-7-16)17-4-2-1-3-5-17/h1-9,19-21H,10-15H2,(H,23,24). The average molecular weight is 351 g/mol. The molecule has 1 saturated heterocycles. The highest BCUT2D eigenvalue weighted by atomic mass is 16.6. The van der Waals surface area contributed by atoms with Crippen molar-refractivity contribution in [3.8, 4) is 11.1 Å². The summed E-state index contributed by atoms with van der Waals surface area (Å²) in [7, 11) is 0. The number of amides is 1. The predicted molar refractivity (Wildman–Crippen MR) is 101 cm³/mol. The highest BCUT2D eigenvalue weighted by molar-refractivity contribution is 5.79. The average Bonchev–Trinajstić information content (AvgIpc) is 2.69. The third-order valence-corrected chi connectivity index (χ3v) is 5.27. The van der Waals surface area contributed by atoms with Crippen molar-refractivity contribution in [2.24, 2.45) is 0 Å². The summed E-state index contributed by atoms with van der Waals surface area (Å²) >= 11 is 0. The fraction of sp³-hybridized carbons (Fsp3) is 0.409. The summed E-state index contributed by atoms with van der Waals surface area (Å²) in [6.45, 7) is 1.35. The number of rotatable bonds is 4. The van der Waals surface area contributed by atoms with Gasteiger partial charge in [-0.15, -0.1) is 0 Å². The minimum Gasteiger partial charge on any atom is -0.373 e. The Morgan fingerprint density at radius 3 is 2.35 bits per heavy atom. The molecule has 1 aliphatic heterocycles. The first-order valence-corrected chi connectivity index (χ1v) is 9.45. The molecule has 1 aliphatic carbocycles. The zero-order chi connectivity index (χ0) is 17.8. The Kier molecular flexibility index (Phi) is 5.32. The molecular formula is C22H25NO3. The van der Waals surface area contributed by atoms with E-state index in [1.54, 1.807) is 0 Å². The van der Waals surface area contributed by atoms with Gasteiger partial charge < -0.3 is 14.8 Å². The van der Waals surface area contributed by atoms with Gasteiger partial charge in [-0.2, -0.15) is 0 Å². The number of ether oxygens (including phenoxy) is 2. The van der Waals surface area contributed by atoms with E-state index in [0.717, 1.165) is 24.8 Å². The van der Waals surface area contributed by atoms with Crippen molar-refractivity contribution in [2.45, 2.75) is 43.9 Å². The van der Waals surface area contributed by atoms with Crippen molar-refractivity contribution < 1.29 is 14.3 Å². The minimum absolute atomic E-state index is 0.0811. The second kappa shape index (κ2) is 8.02. The van der Waals surface area contributed by atoms with Crippen molar-refractivity contribution in [3.63, 3.8) is 0 Å². The Hall–Kier alpha value is -2.17. The molecule has 4 rings (SSSR count). The van der Waals surface area contributed by atoms with Gasteiger partial charge in [0.25, 0.3) is 0 Å². The SMILES string of the molecule is O=C(Cc1ccc(-c2ccccc2)cc1)NC1CCC2OCCOC2C1. The van der Waals surface area contributed by atoms with Crippen LogP contribution in [0.4, 0.5) is 0 Å². The second-order valence-electron chi connectivity index (χ2n) is 7.14. The molecule has 3 unspecified atom stereocenters. The van der Waals surface area contributed by atoms with E-state index in [0.29, 0.717) is 19.6 Å². The summed E-state index contributed by atoms with van der Waals surface area (Å²) < 4.78 is 11.5. The van der Waals surface area contributed by atoms with E-state index in [9.17, 15) is 4.79 Å². The van der Waals surface area contributed by atoms with Crippen LogP contribution in [0.2, 0.25) is 0 Å². The highest BCUT2D eigenvalue weighted by Gasteiger charge is 2.34. The Morgan fingerprint density at radius 2 is 1.58 bits per heavy atom. The fourth-order valence-corrected chi connectivity index (χ4v) is 3.91. The van der Waals surface area contributed by atoms with Crippen molar-refractivity contribution >= 4 is 5.91 Å². The van der Waals surface area contributed by atoms with Gasteiger partial charge in [0.15, 0.2) is 0 Å². The zero-order valence-corrected chi connectivity index (χ0v) is 14.9. The van der Waals surface area contributed by atoms with Gasteiger partial charge in [-0.1, -0.05) is 54.6 Å². The molecule has 1 heterocycles. The number of benzene rings is 2. The molecule has 136 valence electrons. The van der Waals surface area contributed by atoms with Gasteiger partial charge in [-0.25, -0.2) is 0 Å². The number of hydrogen-bond acceptors (Lipinski definition) is 3. The maximum absolute atomic E-state index is 12.4. The van der Waals surface area contributed by atoms with Crippen LogP contribution < -0.4 is 5.32 Å². The van der Waals surface area contributed by atoms with E-state index in [2.05, 4.69) is 29.6 Å². The molecule has 26 heavy (non-hydrogen) atoms. The summed E-state index contributed by atoms with van der Waals surface area (Å²) in [5.41, 5.74) is 3.39. The van der Waals surface area contributed by atoms with E-state index in [4.69, 9.17) is 9.47 Å². The summed E-state index contributed by atoms with van der Waals surface area (Å²) in [5, 5.41) is 3.17. The van der Waals surface area contributed by atoms with Gasteiger partial charge in [0, 0.05) is 6.04 Å². The first-order valence-electron chi connectivity index (χ1n) is 9.45. The molecule has 0 aromatic heterocycles. The quantitative estimate of drug-likeness (QED) is 0.919. The van der Waals surface area contributed by atoms with Gasteiger partial charge in [-0.05, 0) is 36.0 Å². The zero-order valence-electron chi connectivity index (χ0n) is 14.9. The molecule has 0 radical (unpaired) electrons. The van der Waals surface area contributed by atoms with E-state index in [1.165, 1.54) is 11.1 Å². The molecule has 1 amide bonds. The van der Waals surface area contributed by atoms with Crippen LogP contribution in [-0.2, 0) is 20.7 Å². The van der Waals surface area contributed by atoms with E-state index in [-0.39, 0.29) is 24.2 Å². The van der Waals surface area contributed by atoms with Crippen LogP contribution in [0.5, 0.6) is 0 Å². The minimum atomic E-state index is 0.0811. The lowest BCUT2D eigenvalue weighted by Crippen LogP contribution is -2.49. The maximum atomic E-state index is 12.4. The number of nitrogens with one attached hydrogen (secondary N) is 1. The molecule has 3 atom stereocenters. The third-order valence-electron chi connectivity index (χ3n) is 5.27. The predicted octanol–water partition coefficient (Wildman–Crippen LogP) is 3.35. The van der Waals surface area contributed by atoms with Crippen LogP contribution >= 0.6 is 0 Å². The monoisotopic (exact) mass is 351 g/mol. The molecule has 4 nitrogen and oxygen atoms in total. The maximum Gasteiger partial charge on any atom is 0.224 e. The van der Waals surface area contributed by atoms with Crippen LogP contribution in [0, 0.1) is 0 Å². The second-order valence-corrected chi connectivity index (χ2v) is 7.14. The summed E-state index contributed by atoms with van der Waals surface area (Å²) in [4.78, 5) is 12.4. The number of carbonyl (C=O) groups excluding carboxylic acids is 1. The topological polar surface area (TPSA) is 47.6 Å². The van der Waals surface area contributed by atoms with Crippen molar-refractivity contribution in [1.29, 1.82) is 0 Å². The molecular weight excluding hydrogens is 326 g/mol. The molecule has 2 aromatic carbocycles. The van der Waals surface area contributed by atoms with Crippen LogP contribution in [-0.4, -0.2) is 37.4 Å². The largest absolute Gasteiger partial charge is 0.373 e. The molecule has 4 heteroatoms. The summed E-state index contributed by atoms with van der Waals surface area (Å²) in [6, 6.07) is 18.7. The van der Waals surface area contributed by atoms with E-state index >= 15 is 0 Å². The highest BCUT2D eigenvalue weighted by Crippen LogP contribution is 2.27. The van der Waals surface area contributed by atoms with E-state index < -0.39 is 0 Å². The Balaban J connectivity index is 1.31. The Bertz CT molecular complexity index is 729. The van der Waals surface area contributed by atoms with Crippen LogP contribution in [0.25, 0.3) is 11.1 Å². The van der Waals surface area contributed by atoms with Gasteiger partial charge in [0.1, 0.15) is 0 Å². The fourth-order valence-electron chi connectivity index (χ4n) is 3.91. The molecule has 1 saturated carbocycles. The molecule has 1 N–H and O–H groups in total.